The van der Waals surface area contributed by atoms with Crippen molar-refractivity contribution in [1.82, 2.24) is 15.2 Å². The number of nitrogens with zero attached hydrogens (tertiary/aromatic N) is 2. The smallest absolute Gasteiger partial charge is 0.230 e. The monoisotopic (exact) mass is 333 g/mol. The summed E-state index contributed by atoms with van der Waals surface area (Å²) in [6.07, 6.45) is 9.61. The number of nitrogens with one attached hydrogen (secondary N) is 1. The Labute approximate surface area is 142 Å². The fourth-order valence-corrected chi connectivity index (χ4v) is 6.01. The summed E-state index contributed by atoms with van der Waals surface area (Å²) in [4.78, 5) is 21.4. The number of rotatable bonds is 3. The van der Waals surface area contributed by atoms with E-state index in [1.165, 1.54) is 49.1 Å². The number of carbonyl (C=O) groups is 1. The summed E-state index contributed by atoms with van der Waals surface area (Å²) in [5.74, 6) is 0.885. The van der Waals surface area contributed by atoms with E-state index in [1.807, 2.05) is 23.3 Å². The lowest BCUT2D eigenvalue weighted by molar-refractivity contribution is -0.144. The molecule has 4 rings (SSSR count). The molecule has 2 heterocycles. The van der Waals surface area contributed by atoms with Crippen LogP contribution in [0.25, 0.3) is 0 Å². The fourth-order valence-electron chi connectivity index (χ4n) is 4.80. The first-order chi connectivity index (χ1) is 11.2. The largest absolute Gasteiger partial charge is 0.338 e. The van der Waals surface area contributed by atoms with Crippen LogP contribution in [0.15, 0.2) is 0 Å². The number of aryl methyl sites for hydroxylation is 2. The molecule has 1 aromatic heterocycles. The Balaban J connectivity index is 1.49. The van der Waals surface area contributed by atoms with Gasteiger partial charge in [-0.05, 0) is 51.0 Å². The summed E-state index contributed by atoms with van der Waals surface area (Å²) in [6, 6.07) is 0. The molecule has 2 aliphatic carbocycles. The second-order valence-electron chi connectivity index (χ2n) is 7.58. The first-order valence-corrected chi connectivity index (χ1v) is 9.94. The Hall–Kier alpha value is -0.940. The fraction of sp³-hybridized carbons (Fsp3) is 0.778. The normalized spacial score (nSPS) is 29.9. The standard InChI is InChI=1S/C18H27N3OS/c1-21(11-16-20-14-7-2-3-8-15(14)23-16)17(22)18-9-5-4-6-13(18)10-19-12-18/h13,19H,2-12H2,1H3/t13-,18+/m0/s1. The van der Waals surface area contributed by atoms with Gasteiger partial charge >= 0.3 is 0 Å². The Morgan fingerprint density at radius 1 is 1.35 bits per heavy atom. The number of carbonyl (C=O) groups excluding carboxylic acids is 1. The van der Waals surface area contributed by atoms with Crippen molar-refractivity contribution in [2.24, 2.45) is 11.3 Å². The molecule has 0 unspecified atom stereocenters. The molecule has 0 bridgehead atoms. The van der Waals surface area contributed by atoms with Gasteiger partial charge in [0, 0.05) is 18.5 Å². The van der Waals surface area contributed by atoms with Crippen molar-refractivity contribution in [3.63, 3.8) is 0 Å². The molecule has 23 heavy (non-hydrogen) atoms. The van der Waals surface area contributed by atoms with E-state index in [2.05, 4.69) is 5.32 Å². The minimum Gasteiger partial charge on any atom is -0.338 e. The molecule has 2 atom stereocenters. The van der Waals surface area contributed by atoms with E-state index in [1.54, 1.807) is 0 Å². The lowest BCUT2D eigenvalue weighted by Crippen LogP contribution is -2.48. The molecule has 2 fully saturated rings. The predicted octanol–water partition coefficient (Wildman–Crippen LogP) is 2.76. The van der Waals surface area contributed by atoms with Crippen LogP contribution in [-0.2, 0) is 24.2 Å². The van der Waals surface area contributed by atoms with Crippen LogP contribution in [0.4, 0.5) is 0 Å². The molecule has 0 radical (unpaired) electrons. The van der Waals surface area contributed by atoms with Crippen LogP contribution >= 0.6 is 11.3 Å². The Kier molecular flexibility index (Phi) is 4.18. The highest BCUT2D eigenvalue weighted by Crippen LogP contribution is 2.45. The van der Waals surface area contributed by atoms with Gasteiger partial charge in [0.2, 0.25) is 5.91 Å². The molecule has 1 aromatic rings. The molecular formula is C18H27N3OS. The van der Waals surface area contributed by atoms with Crippen LogP contribution in [-0.4, -0.2) is 35.9 Å². The van der Waals surface area contributed by atoms with Gasteiger partial charge in [0.05, 0.1) is 17.7 Å². The van der Waals surface area contributed by atoms with Gasteiger partial charge in [0.25, 0.3) is 0 Å². The lowest BCUT2D eigenvalue weighted by Gasteiger charge is -2.39. The maximum Gasteiger partial charge on any atom is 0.230 e. The number of aromatic nitrogens is 1. The molecule has 4 nitrogen and oxygen atoms in total. The molecule has 1 N–H and O–H groups in total. The zero-order chi connectivity index (χ0) is 15.9. The Morgan fingerprint density at radius 2 is 2.22 bits per heavy atom. The SMILES string of the molecule is CN(Cc1nc2c(s1)CCCC2)C(=O)[C@@]12CCCC[C@H]1CNC2. The van der Waals surface area contributed by atoms with E-state index in [0.717, 1.165) is 30.9 Å². The maximum absolute atomic E-state index is 13.2. The van der Waals surface area contributed by atoms with Crippen molar-refractivity contribution in [1.29, 1.82) is 0 Å². The van der Waals surface area contributed by atoms with Crippen LogP contribution in [0.3, 0.4) is 0 Å². The lowest BCUT2D eigenvalue weighted by atomic mass is 9.67. The molecule has 0 spiro atoms. The molecule has 5 heteroatoms. The average Bonchev–Trinajstić information content (AvgIpc) is 3.17. The second kappa shape index (κ2) is 6.17. The van der Waals surface area contributed by atoms with Gasteiger partial charge in [0.1, 0.15) is 5.01 Å². The zero-order valence-corrected chi connectivity index (χ0v) is 14.9. The quantitative estimate of drug-likeness (QED) is 0.925. The Morgan fingerprint density at radius 3 is 3.09 bits per heavy atom. The second-order valence-corrected chi connectivity index (χ2v) is 8.74. The third kappa shape index (κ3) is 2.72. The van der Waals surface area contributed by atoms with Crippen molar-refractivity contribution in [2.75, 3.05) is 20.1 Å². The van der Waals surface area contributed by atoms with Crippen LogP contribution < -0.4 is 5.32 Å². The van der Waals surface area contributed by atoms with Crippen molar-refractivity contribution >= 4 is 17.2 Å². The molecule has 0 aromatic carbocycles. The minimum atomic E-state index is -0.135. The summed E-state index contributed by atoms with van der Waals surface area (Å²) in [5.41, 5.74) is 1.16. The summed E-state index contributed by atoms with van der Waals surface area (Å²) in [6.45, 7) is 2.57. The van der Waals surface area contributed by atoms with Gasteiger partial charge in [-0.25, -0.2) is 4.98 Å². The number of amides is 1. The third-order valence-corrected chi connectivity index (χ3v) is 7.22. The number of fused-ring (bicyclic) bond motifs is 2. The van der Waals surface area contributed by atoms with E-state index in [-0.39, 0.29) is 5.41 Å². The number of thiazole rings is 1. The number of hydrogen-bond donors (Lipinski definition) is 1. The van der Waals surface area contributed by atoms with Gasteiger partial charge in [0.15, 0.2) is 0 Å². The highest BCUT2D eigenvalue weighted by atomic mass is 32.1. The van der Waals surface area contributed by atoms with Crippen molar-refractivity contribution in [2.45, 2.75) is 57.9 Å². The Bertz CT molecular complexity index is 576. The molecule has 1 saturated heterocycles. The first kappa shape index (κ1) is 15.6. The van der Waals surface area contributed by atoms with E-state index in [9.17, 15) is 4.79 Å². The highest BCUT2D eigenvalue weighted by Gasteiger charge is 2.50. The van der Waals surface area contributed by atoms with E-state index < -0.39 is 0 Å². The summed E-state index contributed by atoms with van der Waals surface area (Å²) in [5, 5.41) is 4.61. The first-order valence-electron chi connectivity index (χ1n) is 9.13. The van der Waals surface area contributed by atoms with Crippen molar-refractivity contribution in [3.05, 3.63) is 15.6 Å². The molecule has 3 aliphatic rings. The van der Waals surface area contributed by atoms with Crippen molar-refractivity contribution < 1.29 is 4.79 Å². The summed E-state index contributed by atoms with van der Waals surface area (Å²) < 4.78 is 0. The molecule has 126 valence electrons. The topological polar surface area (TPSA) is 45.2 Å². The number of hydrogen-bond acceptors (Lipinski definition) is 4. The van der Waals surface area contributed by atoms with Gasteiger partial charge in [-0.2, -0.15) is 0 Å². The molecule has 1 amide bonds. The van der Waals surface area contributed by atoms with Gasteiger partial charge < -0.3 is 10.2 Å². The average molecular weight is 334 g/mol. The highest BCUT2D eigenvalue weighted by molar-refractivity contribution is 7.11. The summed E-state index contributed by atoms with van der Waals surface area (Å²) >= 11 is 1.83. The minimum absolute atomic E-state index is 0.135. The van der Waals surface area contributed by atoms with Crippen LogP contribution in [0.5, 0.6) is 0 Å². The zero-order valence-electron chi connectivity index (χ0n) is 14.1. The van der Waals surface area contributed by atoms with Crippen molar-refractivity contribution in [3.8, 4) is 0 Å². The van der Waals surface area contributed by atoms with Gasteiger partial charge in [-0.1, -0.05) is 12.8 Å². The van der Waals surface area contributed by atoms with Crippen LogP contribution in [0.1, 0.15) is 54.1 Å². The van der Waals surface area contributed by atoms with E-state index >= 15 is 0 Å². The van der Waals surface area contributed by atoms with Gasteiger partial charge in [-0.3, -0.25) is 4.79 Å². The van der Waals surface area contributed by atoms with E-state index in [4.69, 9.17) is 4.98 Å². The molecular weight excluding hydrogens is 306 g/mol. The van der Waals surface area contributed by atoms with E-state index in [0.29, 0.717) is 18.4 Å². The molecule has 1 aliphatic heterocycles. The van der Waals surface area contributed by atoms with Crippen LogP contribution in [0.2, 0.25) is 0 Å². The molecule has 1 saturated carbocycles. The van der Waals surface area contributed by atoms with Crippen LogP contribution in [0, 0.1) is 11.3 Å². The third-order valence-electron chi connectivity index (χ3n) is 6.07. The summed E-state index contributed by atoms with van der Waals surface area (Å²) in [7, 11) is 1.97. The predicted molar refractivity (Wildman–Crippen MR) is 92.5 cm³/mol. The maximum atomic E-state index is 13.2. The van der Waals surface area contributed by atoms with Gasteiger partial charge in [-0.15, -0.1) is 11.3 Å².